The maximum absolute atomic E-state index is 12.4. The number of rotatable bonds is 8. The Hall–Kier alpha value is -3.26. The van der Waals surface area contributed by atoms with E-state index in [1.54, 1.807) is 13.2 Å². The van der Waals surface area contributed by atoms with Gasteiger partial charge in [0.1, 0.15) is 17.4 Å². The Balaban J connectivity index is 2.16. The van der Waals surface area contributed by atoms with Crippen LogP contribution in [-0.4, -0.2) is 26.1 Å². The molecule has 0 fully saturated rings. The fourth-order valence-corrected chi connectivity index (χ4v) is 2.92. The Labute approximate surface area is 167 Å². The van der Waals surface area contributed by atoms with Crippen LogP contribution in [0.25, 0.3) is 0 Å². The van der Waals surface area contributed by atoms with Crippen molar-refractivity contribution >= 4 is 17.3 Å². The van der Waals surface area contributed by atoms with Gasteiger partial charge in [0.25, 0.3) is 5.91 Å². The second-order valence-electron chi connectivity index (χ2n) is 6.42. The van der Waals surface area contributed by atoms with E-state index in [1.807, 2.05) is 55.5 Å². The van der Waals surface area contributed by atoms with Crippen LogP contribution in [0.2, 0.25) is 0 Å². The van der Waals surface area contributed by atoms with Gasteiger partial charge in [0.15, 0.2) is 0 Å². The lowest BCUT2D eigenvalue weighted by Gasteiger charge is -2.22. The average molecular weight is 377 g/mol. The third kappa shape index (κ3) is 5.37. The molecular formula is C23H27N3O2. The van der Waals surface area contributed by atoms with Crippen LogP contribution in [0.1, 0.15) is 25.0 Å². The number of amides is 1. The number of carbonyl (C=O) groups excluding carboxylic acids is 1. The number of nitrogens with one attached hydrogen (secondary N) is 1. The Kier molecular flexibility index (Phi) is 7.65. The Morgan fingerprint density at radius 2 is 1.86 bits per heavy atom. The first-order chi connectivity index (χ1) is 13.5. The lowest BCUT2D eigenvalue weighted by Crippen LogP contribution is -2.21. The molecule has 0 atom stereocenters. The summed E-state index contributed by atoms with van der Waals surface area (Å²) in [5.74, 6) is 0.335. The van der Waals surface area contributed by atoms with Gasteiger partial charge in [0, 0.05) is 30.5 Å². The molecule has 28 heavy (non-hydrogen) atoms. The molecule has 0 aliphatic carbocycles. The van der Waals surface area contributed by atoms with E-state index >= 15 is 0 Å². The van der Waals surface area contributed by atoms with Gasteiger partial charge in [0.05, 0.1) is 7.11 Å². The Morgan fingerprint density at radius 3 is 2.43 bits per heavy atom. The van der Waals surface area contributed by atoms with Crippen LogP contribution in [0.3, 0.4) is 0 Å². The van der Waals surface area contributed by atoms with Gasteiger partial charge in [-0.25, -0.2) is 0 Å². The van der Waals surface area contributed by atoms with Gasteiger partial charge in [0.2, 0.25) is 0 Å². The number of nitriles is 1. The van der Waals surface area contributed by atoms with E-state index in [-0.39, 0.29) is 5.57 Å². The SMILES string of the molecule is CCN(CC)c1ccc(C/C=C(\C#N)C(=O)Nc2ccc(C)cc2)c(OC)c1. The smallest absolute Gasteiger partial charge is 0.265 e. The monoisotopic (exact) mass is 377 g/mol. The van der Waals surface area contributed by atoms with Crippen molar-refractivity contribution in [3.63, 3.8) is 0 Å². The highest BCUT2D eigenvalue weighted by atomic mass is 16.5. The minimum absolute atomic E-state index is 0.0791. The zero-order chi connectivity index (χ0) is 20.5. The first kappa shape index (κ1) is 21.0. The maximum atomic E-state index is 12.4. The lowest BCUT2D eigenvalue weighted by molar-refractivity contribution is -0.112. The molecular weight excluding hydrogens is 350 g/mol. The summed E-state index contributed by atoms with van der Waals surface area (Å²) in [5.41, 5.74) is 3.86. The van der Waals surface area contributed by atoms with Gasteiger partial charge in [-0.3, -0.25) is 4.79 Å². The first-order valence-electron chi connectivity index (χ1n) is 9.42. The summed E-state index contributed by atoms with van der Waals surface area (Å²) in [4.78, 5) is 14.6. The quantitative estimate of drug-likeness (QED) is 0.544. The Bertz CT molecular complexity index is 876. The second-order valence-corrected chi connectivity index (χ2v) is 6.42. The summed E-state index contributed by atoms with van der Waals surface area (Å²) >= 11 is 0. The standard InChI is InChI=1S/C23H27N3O2/c1-5-26(6-2)21-14-11-18(22(15-21)28-4)9-10-19(16-24)23(27)25-20-12-7-17(3)8-13-20/h7-8,10-15H,5-6,9H2,1-4H3,(H,25,27)/b19-10+. The molecule has 0 spiro atoms. The number of allylic oxidation sites excluding steroid dienone is 1. The molecule has 5 nitrogen and oxygen atoms in total. The molecule has 2 rings (SSSR count). The van der Waals surface area contributed by atoms with Crippen molar-refractivity contribution in [1.82, 2.24) is 0 Å². The number of anilines is 2. The summed E-state index contributed by atoms with van der Waals surface area (Å²) < 4.78 is 5.52. The number of nitrogens with zero attached hydrogens (tertiary/aromatic N) is 2. The van der Waals surface area contributed by atoms with Crippen molar-refractivity contribution in [2.45, 2.75) is 27.2 Å². The van der Waals surface area contributed by atoms with E-state index in [1.165, 1.54) is 0 Å². The van der Waals surface area contributed by atoms with Gasteiger partial charge in [-0.05, 0) is 51.0 Å². The number of aryl methyl sites for hydroxylation is 1. The van der Waals surface area contributed by atoms with Crippen LogP contribution in [0.4, 0.5) is 11.4 Å². The molecule has 2 aromatic carbocycles. The minimum atomic E-state index is -0.412. The molecule has 1 N–H and O–H groups in total. The highest BCUT2D eigenvalue weighted by Crippen LogP contribution is 2.26. The van der Waals surface area contributed by atoms with Crippen molar-refractivity contribution in [3.8, 4) is 11.8 Å². The highest BCUT2D eigenvalue weighted by Gasteiger charge is 2.11. The largest absolute Gasteiger partial charge is 0.496 e. The summed E-state index contributed by atoms with van der Waals surface area (Å²) in [6, 6.07) is 15.5. The van der Waals surface area contributed by atoms with Gasteiger partial charge in [-0.1, -0.05) is 29.8 Å². The third-order valence-electron chi connectivity index (χ3n) is 4.60. The van der Waals surface area contributed by atoms with Crippen LogP contribution in [0, 0.1) is 18.3 Å². The lowest BCUT2D eigenvalue weighted by atomic mass is 10.1. The molecule has 0 aliphatic rings. The number of benzene rings is 2. The van der Waals surface area contributed by atoms with Crippen LogP contribution in [0.5, 0.6) is 5.75 Å². The molecule has 0 bridgehead atoms. The summed E-state index contributed by atoms with van der Waals surface area (Å²) in [6.45, 7) is 8.02. The van der Waals surface area contributed by atoms with Gasteiger partial charge >= 0.3 is 0 Å². The number of hydrogen-bond acceptors (Lipinski definition) is 4. The number of hydrogen-bond donors (Lipinski definition) is 1. The minimum Gasteiger partial charge on any atom is -0.496 e. The van der Waals surface area contributed by atoms with Gasteiger partial charge in [-0.2, -0.15) is 5.26 Å². The zero-order valence-corrected chi connectivity index (χ0v) is 17.0. The van der Waals surface area contributed by atoms with Crippen molar-refractivity contribution in [2.75, 3.05) is 30.4 Å². The number of ether oxygens (including phenoxy) is 1. The van der Waals surface area contributed by atoms with E-state index in [9.17, 15) is 10.1 Å². The van der Waals surface area contributed by atoms with Gasteiger partial charge < -0.3 is 15.0 Å². The fourth-order valence-electron chi connectivity index (χ4n) is 2.92. The second kappa shape index (κ2) is 10.2. The molecule has 0 heterocycles. The molecule has 0 saturated heterocycles. The number of carbonyl (C=O) groups is 1. The van der Waals surface area contributed by atoms with Crippen LogP contribution in [0.15, 0.2) is 54.1 Å². The van der Waals surface area contributed by atoms with E-state index in [2.05, 4.69) is 24.1 Å². The zero-order valence-electron chi connectivity index (χ0n) is 17.0. The summed E-state index contributed by atoms with van der Waals surface area (Å²) in [6.07, 6.45) is 2.07. The van der Waals surface area contributed by atoms with E-state index in [0.717, 1.165) is 35.7 Å². The van der Waals surface area contributed by atoms with Crippen LogP contribution in [-0.2, 0) is 11.2 Å². The van der Waals surface area contributed by atoms with E-state index < -0.39 is 5.91 Å². The summed E-state index contributed by atoms with van der Waals surface area (Å²) in [5, 5.41) is 12.1. The summed E-state index contributed by atoms with van der Waals surface area (Å²) in [7, 11) is 1.63. The predicted octanol–water partition coefficient (Wildman–Crippen LogP) is 4.48. The molecule has 0 saturated carbocycles. The topological polar surface area (TPSA) is 65.4 Å². The normalized spacial score (nSPS) is 10.9. The van der Waals surface area contributed by atoms with Crippen molar-refractivity contribution in [1.29, 1.82) is 5.26 Å². The maximum Gasteiger partial charge on any atom is 0.265 e. The molecule has 0 aromatic heterocycles. The van der Waals surface area contributed by atoms with Crippen LogP contribution < -0.4 is 15.0 Å². The number of methoxy groups -OCH3 is 1. The van der Waals surface area contributed by atoms with E-state index in [4.69, 9.17) is 4.74 Å². The Morgan fingerprint density at radius 1 is 1.18 bits per heavy atom. The first-order valence-corrected chi connectivity index (χ1v) is 9.42. The fraction of sp³-hybridized carbons (Fsp3) is 0.304. The molecule has 2 aromatic rings. The van der Waals surface area contributed by atoms with Gasteiger partial charge in [-0.15, -0.1) is 0 Å². The molecule has 0 unspecified atom stereocenters. The molecule has 1 amide bonds. The molecule has 0 radical (unpaired) electrons. The van der Waals surface area contributed by atoms with Crippen molar-refractivity contribution in [3.05, 3.63) is 65.2 Å². The average Bonchev–Trinajstić information content (AvgIpc) is 2.71. The molecule has 146 valence electrons. The molecule has 5 heteroatoms. The third-order valence-corrected chi connectivity index (χ3v) is 4.60. The van der Waals surface area contributed by atoms with Crippen molar-refractivity contribution in [2.24, 2.45) is 0 Å². The predicted molar refractivity (Wildman–Crippen MR) is 114 cm³/mol. The highest BCUT2D eigenvalue weighted by molar-refractivity contribution is 6.06. The van der Waals surface area contributed by atoms with E-state index in [0.29, 0.717) is 12.1 Å². The molecule has 0 aliphatic heterocycles. The van der Waals surface area contributed by atoms with Crippen molar-refractivity contribution < 1.29 is 9.53 Å². The van der Waals surface area contributed by atoms with Crippen LogP contribution >= 0.6 is 0 Å².